The fourth-order valence-electron chi connectivity index (χ4n) is 0.0753. The molecule has 0 amide bonds. The monoisotopic (exact) mass is 230 g/mol. The Morgan fingerprint density at radius 3 is 2.00 bits per heavy atom. The SMILES string of the molecule is CC(C)(CO)C(O)I. The fourth-order valence-corrected chi connectivity index (χ4v) is 0.272. The highest BCUT2D eigenvalue weighted by Gasteiger charge is 2.23. The number of aliphatic hydroxyl groups excluding tert-OH is 2. The van der Waals surface area contributed by atoms with Gasteiger partial charge in [-0.1, -0.05) is 36.4 Å². The van der Waals surface area contributed by atoms with Crippen LogP contribution < -0.4 is 0 Å². The first-order valence-electron chi connectivity index (χ1n) is 2.43. The topological polar surface area (TPSA) is 40.5 Å². The molecule has 3 heteroatoms. The molecule has 0 radical (unpaired) electrons. The molecule has 1 atom stereocenters. The largest absolute Gasteiger partial charge is 0.396 e. The van der Waals surface area contributed by atoms with Gasteiger partial charge in [0.2, 0.25) is 0 Å². The molecule has 0 aliphatic rings. The zero-order chi connectivity index (χ0) is 6.78. The molecule has 0 aromatic rings. The van der Waals surface area contributed by atoms with Gasteiger partial charge < -0.3 is 10.2 Å². The normalized spacial score (nSPS) is 16.1. The smallest absolute Gasteiger partial charge is 0.112 e. The van der Waals surface area contributed by atoms with E-state index in [0.29, 0.717) is 0 Å². The molecule has 0 rings (SSSR count). The van der Waals surface area contributed by atoms with E-state index in [-0.39, 0.29) is 12.0 Å². The van der Waals surface area contributed by atoms with Crippen molar-refractivity contribution in [1.29, 1.82) is 0 Å². The van der Waals surface area contributed by atoms with Crippen LogP contribution in [0, 0.1) is 5.41 Å². The molecule has 0 aliphatic heterocycles. The van der Waals surface area contributed by atoms with Crippen LogP contribution >= 0.6 is 22.6 Å². The van der Waals surface area contributed by atoms with Gasteiger partial charge in [-0.2, -0.15) is 0 Å². The lowest BCUT2D eigenvalue weighted by Gasteiger charge is -2.22. The second kappa shape index (κ2) is 2.98. The van der Waals surface area contributed by atoms with Crippen LogP contribution in [0.4, 0.5) is 0 Å². The van der Waals surface area contributed by atoms with Gasteiger partial charge in [0, 0.05) is 5.41 Å². The first-order valence-corrected chi connectivity index (χ1v) is 3.68. The molecule has 1 unspecified atom stereocenters. The molecular weight excluding hydrogens is 219 g/mol. The third-order valence-corrected chi connectivity index (χ3v) is 2.74. The number of alkyl halides is 1. The van der Waals surface area contributed by atoms with Gasteiger partial charge in [0.1, 0.15) is 4.11 Å². The summed E-state index contributed by atoms with van der Waals surface area (Å²) in [6.45, 7) is 3.64. The van der Waals surface area contributed by atoms with E-state index in [1.807, 2.05) is 36.4 Å². The zero-order valence-corrected chi connectivity index (χ0v) is 7.21. The molecule has 0 saturated heterocycles. The summed E-state index contributed by atoms with van der Waals surface area (Å²) in [6.07, 6.45) is 0. The van der Waals surface area contributed by atoms with Crippen molar-refractivity contribution in [1.82, 2.24) is 0 Å². The second-order valence-electron chi connectivity index (χ2n) is 2.48. The lowest BCUT2D eigenvalue weighted by atomic mass is 9.97. The van der Waals surface area contributed by atoms with Crippen LogP contribution in [0.25, 0.3) is 0 Å². The fraction of sp³-hybridized carbons (Fsp3) is 1.00. The molecule has 2 N–H and O–H groups in total. The maximum Gasteiger partial charge on any atom is 0.112 e. The van der Waals surface area contributed by atoms with Gasteiger partial charge >= 0.3 is 0 Å². The van der Waals surface area contributed by atoms with Crippen LogP contribution in [-0.4, -0.2) is 20.9 Å². The van der Waals surface area contributed by atoms with Crippen molar-refractivity contribution < 1.29 is 10.2 Å². The van der Waals surface area contributed by atoms with E-state index in [1.165, 1.54) is 0 Å². The summed E-state index contributed by atoms with van der Waals surface area (Å²) in [5.41, 5.74) is -0.361. The summed E-state index contributed by atoms with van der Waals surface area (Å²) in [5, 5.41) is 17.5. The Morgan fingerprint density at radius 1 is 1.62 bits per heavy atom. The molecule has 0 aliphatic carbocycles. The molecule has 0 fully saturated rings. The summed E-state index contributed by atoms with van der Waals surface area (Å²) in [4.78, 5) is 0. The van der Waals surface area contributed by atoms with E-state index >= 15 is 0 Å². The number of aliphatic hydroxyl groups is 2. The van der Waals surface area contributed by atoms with Gasteiger partial charge in [-0.3, -0.25) is 0 Å². The molecule has 0 aromatic carbocycles. The van der Waals surface area contributed by atoms with Crippen molar-refractivity contribution in [2.45, 2.75) is 18.0 Å². The second-order valence-corrected chi connectivity index (χ2v) is 3.66. The van der Waals surface area contributed by atoms with Gasteiger partial charge in [0.25, 0.3) is 0 Å². The van der Waals surface area contributed by atoms with E-state index in [1.54, 1.807) is 0 Å². The standard InChI is InChI=1S/C5H11IO2/c1-5(2,3-7)4(6)8/h4,7-8H,3H2,1-2H3. The lowest BCUT2D eigenvalue weighted by molar-refractivity contribution is 0.0734. The van der Waals surface area contributed by atoms with Crippen molar-refractivity contribution in [3.63, 3.8) is 0 Å². The van der Waals surface area contributed by atoms with Gasteiger partial charge in [0.15, 0.2) is 0 Å². The van der Waals surface area contributed by atoms with E-state index in [4.69, 9.17) is 10.2 Å². The minimum Gasteiger partial charge on any atom is -0.396 e. The molecule has 2 nitrogen and oxygen atoms in total. The number of halogens is 1. The summed E-state index contributed by atoms with van der Waals surface area (Å²) >= 11 is 1.88. The average molecular weight is 230 g/mol. The first-order chi connectivity index (χ1) is 3.50. The van der Waals surface area contributed by atoms with Crippen molar-refractivity contribution >= 4 is 22.6 Å². The third-order valence-electron chi connectivity index (χ3n) is 1.05. The maximum absolute atomic E-state index is 8.91. The number of rotatable bonds is 2. The summed E-state index contributed by atoms with van der Waals surface area (Å²) < 4.78 is -0.468. The van der Waals surface area contributed by atoms with Crippen LogP contribution in [-0.2, 0) is 0 Å². The molecule has 0 bridgehead atoms. The van der Waals surface area contributed by atoms with Crippen LogP contribution in [0.1, 0.15) is 13.8 Å². The Balaban J connectivity index is 3.71. The number of hydrogen-bond donors (Lipinski definition) is 2. The van der Waals surface area contributed by atoms with Crippen molar-refractivity contribution in [2.24, 2.45) is 5.41 Å². The highest BCUT2D eigenvalue weighted by molar-refractivity contribution is 14.1. The van der Waals surface area contributed by atoms with E-state index in [2.05, 4.69) is 0 Å². The molecule has 0 spiro atoms. The summed E-state index contributed by atoms with van der Waals surface area (Å²) in [6, 6.07) is 0. The number of hydrogen-bond acceptors (Lipinski definition) is 2. The Kier molecular flexibility index (Phi) is 3.23. The van der Waals surface area contributed by atoms with Crippen molar-refractivity contribution in [2.75, 3.05) is 6.61 Å². The zero-order valence-electron chi connectivity index (χ0n) is 5.06. The lowest BCUT2D eigenvalue weighted by Crippen LogP contribution is -2.27. The Hall–Kier alpha value is 0.650. The average Bonchev–Trinajstić information content (AvgIpc) is 1.67. The third kappa shape index (κ3) is 2.28. The molecule has 0 heterocycles. The van der Waals surface area contributed by atoms with Crippen molar-refractivity contribution in [3.05, 3.63) is 0 Å². The molecule has 50 valence electrons. The van der Waals surface area contributed by atoms with E-state index in [9.17, 15) is 0 Å². The maximum atomic E-state index is 8.91. The highest BCUT2D eigenvalue weighted by atomic mass is 127. The van der Waals surface area contributed by atoms with Crippen LogP contribution in [0.3, 0.4) is 0 Å². The Bertz CT molecular complexity index is 70.8. The van der Waals surface area contributed by atoms with Crippen LogP contribution in [0.15, 0.2) is 0 Å². The molecule has 0 aromatic heterocycles. The highest BCUT2D eigenvalue weighted by Crippen LogP contribution is 2.23. The minimum atomic E-state index is -0.468. The van der Waals surface area contributed by atoms with Gasteiger partial charge in [-0.15, -0.1) is 0 Å². The van der Waals surface area contributed by atoms with E-state index in [0.717, 1.165) is 0 Å². The molecular formula is C5H11IO2. The van der Waals surface area contributed by atoms with Gasteiger partial charge in [-0.25, -0.2) is 0 Å². The predicted molar refractivity (Wildman–Crippen MR) is 40.9 cm³/mol. The van der Waals surface area contributed by atoms with Crippen LogP contribution in [0.5, 0.6) is 0 Å². The summed E-state index contributed by atoms with van der Waals surface area (Å²) in [5.74, 6) is 0. The van der Waals surface area contributed by atoms with Crippen LogP contribution in [0.2, 0.25) is 0 Å². The Morgan fingerprint density at radius 2 is 2.00 bits per heavy atom. The van der Waals surface area contributed by atoms with Gasteiger partial charge in [0.05, 0.1) is 6.61 Å². The van der Waals surface area contributed by atoms with E-state index < -0.39 is 4.11 Å². The first kappa shape index (κ1) is 8.65. The Labute approximate surface area is 63.0 Å². The predicted octanol–water partition coefficient (Wildman–Crippen LogP) is 0.758. The molecule has 8 heavy (non-hydrogen) atoms. The van der Waals surface area contributed by atoms with Crippen molar-refractivity contribution in [3.8, 4) is 0 Å². The summed E-state index contributed by atoms with van der Waals surface area (Å²) in [7, 11) is 0. The quantitative estimate of drug-likeness (QED) is 0.543. The minimum absolute atomic E-state index is 0.0249. The molecule has 0 saturated carbocycles. The van der Waals surface area contributed by atoms with Gasteiger partial charge in [-0.05, 0) is 0 Å².